The van der Waals surface area contributed by atoms with Crippen molar-refractivity contribution in [2.45, 2.75) is 17.3 Å². The molecule has 0 radical (unpaired) electrons. The molecule has 0 bridgehead atoms. The molecule has 0 saturated heterocycles. The highest BCUT2D eigenvalue weighted by Gasteiger charge is 2.29. The van der Waals surface area contributed by atoms with Crippen LogP contribution >= 0.6 is 23.1 Å². The van der Waals surface area contributed by atoms with Gasteiger partial charge < -0.3 is 0 Å². The van der Waals surface area contributed by atoms with Crippen LogP contribution in [0.4, 0.5) is 18.3 Å². The molecule has 0 aliphatic heterocycles. The summed E-state index contributed by atoms with van der Waals surface area (Å²) in [6, 6.07) is 5.18. The predicted molar refractivity (Wildman–Crippen MR) is 78.4 cm³/mol. The molecule has 0 aliphatic rings. The van der Waals surface area contributed by atoms with Gasteiger partial charge in [-0.05, 0) is 30.0 Å². The molecule has 0 atom stereocenters. The van der Waals surface area contributed by atoms with Gasteiger partial charge in [0.15, 0.2) is 10.9 Å². The van der Waals surface area contributed by atoms with Gasteiger partial charge in [-0.3, -0.25) is 14.9 Å². The third-order valence-corrected chi connectivity index (χ3v) is 3.89. The average molecular weight is 346 g/mol. The van der Waals surface area contributed by atoms with Gasteiger partial charge in [-0.15, -0.1) is 11.3 Å². The average Bonchev–Trinajstić information content (AvgIpc) is 2.85. The maximum absolute atomic E-state index is 12.3. The number of hydrogen-bond acceptors (Lipinski definition) is 5. The van der Waals surface area contributed by atoms with Gasteiger partial charge in [-0.1, -0.05) is 6.07 Å². The maximum atomic E-state index is 12.3. The SMILES string of the molecule is CC(=O)c1csc(NC(=O)c2cccc(SC(F)(F)F)c2)n1. The molecule has 1 aromatic carbocycles. The largest absolute Gasteiger partial charge is 0.446 e. The molecule has 4 nitrogen and oxygen atoms in total. The monoisotopic (exact) mass is 346 g/mol. The zero-order chi connectivity index (χ0) is 16.3. The summed E-state index contributed by atoms with van der Waals surface area (Å²) in [7, 11) is 0. The molecule has 0 aliphatic carbocycles. The Morgan fingerprint density at radius 2 is 2.05 bits per heavy atom. The molecule has 9 heteroatoms. The minimum atomic E-state index is -4.42. The highest BCUT2D eigenvalue weighted by molar-refractivity contribution is 8.00. The fraction of sp³-hybridized carbons (Fsp3) is 0.154. The zero-order valence-electron chi connectivity index (χ0n) is 11.1. The number of aromatic nitrogens is 1. The van der Waals surface area contributed by atoms with Crippen molar-refractivity contribution in [2.75, 3.05) is 5.32 Å². The Morgan fingerprint density at radius 3 is 2.64 bits per heavy atom. The molecule has 0 unspecified atom stereocenters. The van der Waals surface area contributed by atoms with E-state index in [1.54, 1.807) is 0 Å². The number of rotatable bonds is 4. The van der Waals surface area contributed by atoms with E-state index in [4.69, 9.17) is 0 Å². The lowest BCUT2D eigenvalue weighted by Gasteiger charge is -2.07. The van der Waals surface area contributed by atoms with Crippen molar-refractivity contribution in [3.05, 3.63) is 40.9 Å². The quantitative estimate of drug-likeness (QED) is 0.665. The van der Waals surface area contributed by atoms with Crippen molar-refractivity contribution in [2.24, 2.45) is 0 Å². The zero-order valence-corrected chi connectivity index (χ0v) is 12.7. The highest BCUT2D eigenvalue weighted by Crippen LogP contribution is 2.37. The van der Waals surface area contributed by atoms with Crippen molar-refractivity contribution in [1.82, 2.24) is 4.98 Å². The summed E-state index contributed by atoms with van der Waals surface area (Å²) in [4.78, 5) is 26.9. The highest BCUT2D eigenvalue weighted by atomic mass is 32.2. The van der Waals surface area contributed by atoms with Gasteiger partial charge in [0, 0.05) is 22.8 Å². The molecular weight excluding hydrogens is 337 g/mol. The second-order valence-electron chi connectivity index (χ2n) is 4.12. The predicted octanol–water partition coefficient (Wildman–Crippen LogP) is 4.21. The van der Waals surface area contributed by atoms with Crippen LogP contribution in [0.25, 0.3) is 0 Å². The van der Waals surface area contributed by atoms with Crippen LogP contribution in [0.2, 0.25) is 0 Å². The number of hydrogen-bond donors (Lipinski definition) is 1. The van der Waals surface area contributed by atoms with Crippen molar-refractivity contribution in [1.29, 1.82) is 0 Å². The number of amides is 1. The molecule has 0 fully saturated rings. The Hall–Kier alpha value is -1.87. The maximum Gasteiger partial charge on any atom is 0.446 e. The summed E-state index contributed by atoms with van der Waals surface area (Å²) in [5.41, 5.74) is -4.11. The lowest BCUT2D eigenvalue weighted by molar-refractivity contribution is -0.0328. The van der Waals surface area contributed by atoms with Crippen molar-refractivity contribution >= 4 is 39.9 Å². The second-order valence-corrected chi connectivity index (χ2v) is 6.12. The lowest BCUT2D eigenvalue weighted by Crippen LogP contribution is -2.12. The number of Topliss-reactive ketones (excluding diaryl/α,β-unsaturated/α-hetero) is 1. The summed E-state index contributed by atoms with van der Waals surface area (Å²) < 4.78 is 37.0. The van der Waals surface area contributed by atoms with Crippen LogP contribution in [0.5, 0.6) is 0 Å². The van der Waals surface area contributed by atoms with Gasteiger partial charge >= 0.3 is 5.51 Å². The number of anilines is 1. The summed E-state index contributed by atoms with van der Waals surface area (Å²) in [5, 5.41) is 4.16. The van der Waals surface area contributed by atoms with E-state index < -0.39 is 11.4 Å². The summed E-state index contributed by atoms with van der Waals surface area (Å²) in [6.45, 7) is 1.35. The molecule has 0 saturated carbocycles. The fourth-order valence-corrected chi connectivity index (χ4v) is 2.84. The standard InChI is InChI=1S/C13H9F3N2O2S2/c1-7(19)10-6-21-12(17-10)18-11(20)8-3-2-4-9(5-8)22-13(14,15)16/h2-6H,1H3,(H,17,18,20). The first-order valence-corrected chi connectivity index (χ1v) is 7.58. The van der Waals surface area contributed by atoms with E-state index in [0.717, 1.165) is 17.4 Å². The van der Waals surface area contributed by atoms with Crippen LogP contribution in [0.15, 0.2) is 34.5 Å². The minimum Gasteiger partial charge on any atom is -0.298 e. The number of carbonyl (C=O) groups is 2. The van der Waals surface area contributed by atoms with Gasteiger partial charge in [-0.2, -0.15) is 13.2 Å². The number of thioether (sulfide) groups is 1. The number of benzene rings is 1. The number of nitrogens with one attached hydrogen (secondary N) is 1. The van der Waals surface area contributed by atoms with Gasteiger partial charge in [0.25, 0.3) is 5.91 Å². The Bertz CT molecular complexity index is 713. The molecule has 116 valence electrons. The number of alkyl halides is 3. The molecule has 1 N–H and O–H groups in total. The van der Waals surface area contributed by atoms with Crippen LogP contribution in [0.3, 0.4) is 0 Å². The topological polar surface area (TPSA) is 59.1 Å². The van der Waals surface area contributed by atoms with E-state index in [1.165, 1.54) is 30.5 Å². The van der Waals surface area contributed by atoms with E-state index in [9.17, 15) is 22.8 Å². The Kier molecular flexibility index (Phi) is 4.87. The van der Waals surface area contributed by atoms with Crippen molar-refractivity contribution in [3.8, 4) is 0 Å². The summed E-state index contributed by atoms with van der Waals surface area (Å²) >= 11 is 0.775. The molecule has 0 spiro atoms. The van der Waals surface area contributed by atoms with Crippen LogP contribution < -0.4 is 5.32 Å². The van der Waals surface area contributed by atoms with Gasteiger partial charge in [-0.25, -0.2) is 4.98 Å². The van der Waals surface area contributed by atoms with Gasteiger partial charge in [0.2, 0.25) is 0 Å². The van der Waals surface area contributed by atoms with E-state index in [-0.39, 0.29) is 38.8 Å². The number of carbonyl (C=O) groups excluding carboxylic acids is 2. The van der Waals surface area contributed by atoms with Gasteiger partial charge in [0.05, 0.1) is 0 Å². The number of thiazole rings is 1. The van der Waals surface area contributed by atoms with Gasteiger partial charge in [0.1, 0.15) is 5.69 Å². The van der Waals surface area contributed by atoms with Crippen molar-refractivity contribution < 1.29 is 22.8 Å². The van der Waals surface area contributed by atoms with Crippen LogP contribution in [0.1, 0.15) is 27.8 Å². The number of halogens is 3. The lowest BCUT2D eigenvalue weighted by atomic mass is 10.2. The molecule has 22 heavy (non-hydrogen) atoms. The fourth-order valence-electron chi connectivity index (χ4n) is 1.50. The first-order valence-electron chi connectivity index (χ1n) is 5.88. The van der Waals surface area contributed by atoms with E-state index in [2.05, 4.69) is 10.3 Å². The first-order chi connectivity index (χ1) is 10.2. The number of nitrogens with zero attached hydrogens (tertiary/aromatic N) is 1. The van der Waals surface area contributed by atoms with Crippen molar-refractivity contribution in [3.63, 3.8) is 0 Å². The van der Waals surface area contributed by atoms with E-state index >= 15 is 0 Å². The van der Waals surface area contributed by atoms with Crippen LogP contribution in [0, 0.1) is 0 Å². The third kappa shape index (κ3) is 4.57. The Labute approximate surface area is 131 Å². The van der Waals surface area contributed by atoms with Crippen LogP contribution in [-0.2, 0) is 0 Å². The molecule has 1 heterocycles. The summed E-state index contributed by atoms with van der Waals surface area (Å²) in [5.74, 6) is -0.825. The second kappa shape index (κ2) is 6.49. The first kappa shape index (κ1) is 16.5. The van der Waals surface area contributed by atoms with Crippen LogP contribution in [-0.4, -0.2) is 22.2 Å². The smallest absolute Gasteiger partial charge is 0.298 e. The van der Waals surface area contributed by atoms with E-state index in [0.29, 0.717) is 0 Å². The molecule has 1 aromatic heterocycles. The third-order valence-electron chi connectivity index (χ3n) is 2.42. The molecule has 1 amide bonds. The normalized spacial score (nSPS) is 11.3. The Balaban J connectivity index is 2.12. The molecule has 2 rings (SSSR count). The minimum absolute atomic E-state index is 0.0776. The number of ketones is 1. The molecular formula is C13H9F3N2O2S2. The Morgan fingerprint density at radius 1 is 1.32 bits per heavy atom. The summed E-state index contributed by atoms with van der Waals surface area (Å²) in [6.07, 6.45) is 0. The molecule has 2 aromatic rings. The van der Waals surface area contributed by atoms with E-state index in [1.807, 2.05) is 0 Å².